The van der Waals surface area contributed by atoms with Crippen LogP contribution >= 0.6 is 0 Å². The molecule has 1 aromatic heterocycles. The van der Waals surface area contributed by atoms with Gasteiger partial charge in [0.15, 0.2) is 0 Å². The van der Waals surface area contributed by atoms with Crippen molar-refractivity contribution in [1.82, 2.24) is 9.88 Å². The SMILES string of the molecule is CC(C)C[C@@H](C#N)NC(=O)[C@@H]1CCCC[C@@]1(C(N)=O)c1c(C(=O)O)n(CCCO)c2ccccc12. The third kappa shape index (κ3) is 4.89. The Labute approximate surface area is 204 Å². The van der Waals surface area contributed by atoms with Crippen LogP contribution in [-0.2, 0) is 21.5 Å². The van der Waals surface area contributed by atoms with E-state index in [9.17, 15) is 29.9 Å². The van der Waals surface area contributed by atoms with E-state index in [-0.39, 0.29) is 36.7 Å². The Morgan fingerprint density at radius 1 is 1.29 bits per heavy atom. The number of primary amides is 1. The van der Waals surface area contributed by atoms with Crippen LogP contribution in [0.4, 0.5) is 0 Å². The second-order valence-corrected chi connectivity index (χ2v) is 9.73. The van der Waals surface area contributed by atoms with Gasteiger partial charge in [-0.2, -0.15) is 5.26 Å². The molecule has 5 N–H and O–H groups in total. The number of aromatic carboxylic acids is 1. The molecule has 0 aliphatic heterocycles. The van der Waals surface area contributed by atoms with Crippen molar-refractivity contribution in [3.63, 3.8) is 0 Å². The molecule has 1 aromatic carbocycles. The standard InChI is InChI=1S/C26H34N4O5/c1-16(2)14-17(15-27)29-23(32)19-9-5-6-11-26(19,25(28)35)21-18-8-3-4-10-20(18)30(12-7-13-31)22(21)24(33)34/h3-4,8,10,16-17,19,31H,5-7,9,11-14H2,1-2H3,(H2,28,35)(H,29,32)(H,33,34)/t17-,19-,26-/m0/s1. The topological polar surface area (TPSA) is 158 Å². The van der Waals surface area contributed by atoms with Crippen LogP contribution < -0.4 is 11.1 Å². The number of aromatic nitrogens is 1. The number of hydrogen-bond donors (Lipinski definition) is 4. The summed E-state index contributed by atoms with van der Waals surface area (Å²) >= 11 is 0. The molecule has 9 heteroatoms. The Morgan fingerprint density at radius 3 is 2.60 bits per heavy atom. The molecule has 1 heterocycles. The van der Waals surface area contributed by atoms with Crippen LogP contribution in [0.3, 0.4) is 0 Å². The summed E-state index contributed by atoms with van der Waals surface area (Å²) in [6.07, 6.45) is 2.65. The lowest BCUT2D eigenvalue weighted by atomic mass is 9.60. The molecule has 2 aromatic rings. The van der Waals surface area contributed by atoms with Crippen LogP contribution in [0.2, 0.25) is 0 Å². The fraction of sp³-hybridized carbons (Fsp3) is 0.538. The van der Waals surface area contributed by atoms with E-state index in [0.29, 0.717) is 43.0 Å². The van der Waals surface area contributed by atoms with Gasteiger partial charge in [0.2, 0.25) is 11.8 Å². The number of carboxylic acid groups (broad SMARTS) is 1. The van der Waals surface area contributed by atoms with E-state index in [1.807, 2.05) is 13.8 Å². The Morgan fingerprint density at radius 2 is 2.00 bits per heavy atom. The lowest BCUT2D eigenvalue weighted by Crippen LogP contribution is -2.56. The Balaban J connectivity index is 2.25. The highest BCUT2D eigenvalue weighted by atomic mass is 16.4. The van der Waals surface area contributed by atoms with Gasteiger partial charge in [0.1, 0.15) is 11.7 Å². The molecule has 0 unspecified atom stereocenters. The summed E-state index contributed by atoms with van der Waals surface area (Å²) in [5.74, 6) is -3.17. The van der Waals surface area contributed by atoms with Crippen molar-refractivity contribution in [2.24, 2.45) is 17.6 Å². The van der Waals surface area contributed by atoms with E-state index >= 15 is 0 Å². The summed E-state index contributed by atoms with van der Waals surface area (Å²) in [7, 11) is 0. The monoisotopic (exact) mass is 482 g/mol. The minimum Gasteiger partial charge on any atom is -0.477 e. The zero-order chi connectivity index (χ0) is 25.8. The highest BCUT2D eigenvalue weighted by molar-refractivity contribution is 6.06. The molecule has 0 spiro atoms. The molecule has 0 saturated heterocycles. The number of carbonyl (C=O) groups excluding carboxylic acids is 2. The molecular formula is C26H34N4O5. The minimum atomic E-state index is -1.54. The van der Waals surface area contributed by atoms with Crippen molar-refractivity contribution in [1.29, 1.82) is 5.26 Å². The fourth-order valence-electron chi connectivity index (χ4n) is 5.57. The van der Waals surface area contributed by atoms with Crippen LogP contribution in [0.1, 0.15) is 68.4 Å². The number of nitrogens with one attached hydrogen (secondary N) is 1. The van der Waals surface area contributed by atoms with E-state index in [1.165, 1.54) is 0 Å². The van der Waals surface area contributed by atoms with Crippen LogP contribution in [0.5, 0.6) is 0 Å². The summed E-state index contributed by atoms with van der Waals surface area (Å²) in [6.45, 7) is 4.00. The number of carbonyl (C=O) groups is 3. The van der Waals surface area contributed by atoms with Crippen LogP contribution in [0.25, 0.3) is 10.9 Å². The summed E-state index contributed by atoms with van der Waals surface area (Å²) in [4.78, 5) is 39.5. The molecule has 1 saturated carbocycles. The number of aryl methyl sites for hydroxylation is 1. The number of aliphatic hydroxyl groups excluding tert-OH is 1. The number of aliphatic hydroxyl groups is 1. The zero-order valence-corrected chi connectivity index (χ0v) is 20.3. The van der Waals surface area contributed by atoms with Crippen molar-refractivity contribution in [2.75, 3.05) is 6.61 Å². The van der Waals surface area contributed by atoms with Crippen molar-refractivity contribution in [2.45, 2.75) is 70.4 Å². The Kier molecular flexibility index (Phi) is 8.18. The first-order chi connectivity index (χ1) is 16.7. The molecule has 1 fully saturated rings. The number of nitrogens with two attached hydrogens (primary N) is 1. The Bertz CT molecular complexity index is 1150. The second-order valence-electron chi connectivity index (χ2n) is 9.73. The van der Waals surface area contributed by atoms with Crippen LogP contribution in [-0.4, -0.2) is 45.2 Å². The van der Waals surface area contributed by atoms with Crippen molar-refractivity contribution in [3.05, 3.63) is 35.5 Å². The van der Waals surface area contributed by atoms with Crippen molar-refractivity contribution >= 4 is 28.7 Å². The lowest BCUT2D eigenvalue weighted by molar-refractivity contribution is -0.137. The van der Waals surface area contributed by atoms with Crippen molar-refractivity contribution in [3.8, 4) is 6.07 Å². The summed E-state index contributed by atoms with van der Waals surface area (Å²) in [5, 5.41) is 32.6. The number of para-hydroxylation sites is 1. The second kappa shape index (κ2) is 10.9. The number of hydrogen-bond acceptors (Lipinski definition) is 5. The molecule has 1 aliphatic carbocycles. The van der Waals surface area contributed by atoms with Gasteiger partial charge in [-0.25, -0.2) is 4.79 Å². The molecule has 35 heavy (non-hydrogen) atoms. The fourth-order valence-corrected chi connectivity index (χ4v) is 5.57. The number of nitriles is 1. The van der Waals surface area contributed by atoms with Gasteiger partial charge in [-0.05, 0) is 37.7 Å². The molecule has 9 nitrogen and oxygen atoms in total. The number of benzene rings is 1. The Hall–Kier alpha value is -3.38. The van der Waals surface area contributed by atoms with Gasteiger partial charge in [-0.3, -0.25) is 9.59 Å². The lowest BCUT2D eigenvalue weighted by Gasteiger charge is -2.41. The average molecular weight is 483 g/mol. The molecule has 1 aliphatic rings. The van der Waals surface area contributed by atoms with Gasteiger partial charge >= 0.3 is 5.97 Å². The largest absolute Gasteiger partial charge is 0.477 e. The molecule has 3 rings (SSSR count). The smallest absolute Gasteiger partial charge is 0.352 e. The molecule has 3 atom stereocenters. The minimum absolute atomic E-state index is 0.0860. The van der Waals surface area contributed by atoms with Crippen LogP contribution in [0.15, 0.2) is 24.3 Å². The van der Waals surface area contributed by atoms with E-state index < -0.39 is 35.2 Å². The average Bonchev–Trinajstić information content (AvgIpc) is 3.16. The summed E-state index contributed by atoms with van der Waals surface area (Å²) in [5.41, 5.74) is 5.28. The van der Waals surface area contributed by atoms with E-state index in [2.05, 4.69) is 11.4 Å². The van der Waals surface area contributed by atoms with Gasteiger partial charge in [0.05, 0.1) is 17.4 Å². The number of fused-ring (bicyclic) bond motifs is 1. The summed E-state index contributed by atoms with van der Waals surface area (Å²) < 4.78 is 1.59. The maximum absolute atomic E-state index is 13.6. The number of amides is 2. The van der Waals surface area contributed by atoms with Gasteiger partial charge in [0, 0.05) is 29.6 Å². The van der Waals surface area contributed by atoms with Crippen LogP contribution in [0, 0.1) is 23.2 Å². The van der Waals surface area contributed by atoms with E-state index in [1.54, 1.807) is 28.8 Å². The first kappa shape index (κ1) is 26.2. The van der Waals surface area contributed by atoms with Gasteiger partial charge in [0.25, 0.3) is 0 Å². The molecule has 2 amide bonds. The predicted molar refractivity (Wildman–Crippen MR) is 130 cm³/mol. The predicted octanol–water partition coefficient (Wildman–Crippen LogP) is 2.69. The van der Waals surface area contributed by atoms with Gasteiger partial charge in [-0.15, -0.1) is 0 Å². The number of nitrogens with zero attached hydrogens (tertiary/aromatic N) is 2. The number of carboxylic acids is 1. The first-order valence-corrected chi connectivity index (χ1v) is 12.1. The molecular weight excluding hydrogens is 448 g/mol. The normalized spacial score (nSPS) is 20.9. The van der Waals surface area contributed by atoms with Gasteiger partial charge < -0.3 is 25.8 Å². The van der Waals surface area contributed by atoms with E-state index in [0.717, 1.165) is 0 Å². The third-order valence-electron chi connectivity index (χ3n) is 7.00. The quantitative estimate of drug-likeness (QED) is 0.407. The third-order valence-corrected chi connectivity index (χ3v) is 7.00. The first-order valence-electron chi connectivity index (χ1n) is 12.1. The van der Waals surface area contributed by atoms with Crippen molar-refractivity contribution < 1.29 is 24.6 Å². The van der Waals surface area contributed by atoms with E-state index in [4.69, 9.17) is 5.73 Å². The highest BCUT2D eigenvalue weighted by Crippen LogP contribution is 2.48. The molecule has 0 radical (unpaired) electrons. The maximum atomic E-state index is 13.6. The zero-order valence-electron chi connectivity index (χ0n) is 20.3. The highest BCUT2D eigenvalue weighted by Gasteiger charge is 2.54. The summed E-state index contributed by atoms with van der Waals surface area (Å²) in [6, 6.07) is 8.44. The van der Waals surface area contributed by atoms with Gasteiger partial charge in [-0.1, -0.05) is 44.9 Å². The number of rotatable bonds is 10. The molecule has 0 bridgehead atoms. The molecule has 188 valence electrons. The maximum Gasteiger partial charge on any atom is 0.352 e.